The maximum atomic E-state index is 12.9. The molecule has 1 unspecified atom stereocenters. The van der Waals surface area contributed by atoms with Gasteiger partial charge in [0.25, 0.3) is 0 Å². The lowest BCUT2D eigenvalue weighted by atomic mass is 9.94. The number of likely N-dealkylation sites (tertiary alicyclic amines) is 1. The Morgan fingerprint density at radius 2 is 2.07 bits per heavy atom. The molecule has 0 radical (unpaired) electrons. The summed E-state index contributed by atoms with van der Waals surface area (Å²) in [5.41, 5.74) is 0.919. The molecule has 0 spiro atoms. The molecule has 0 saturated carbocycles. The normalized spacial score (nSPS) is 20.1. The summed E-state index contributed by atoms with van der Waals surface area (Å²) in [6.07, 6.45) is 1.65. The van der Waals surface area contributed by atoms with Gasteiger partial charge in [0, 0.05) is 32.2 Å². The fourth-order valence-corrected chi connectivity index (χ4v) is 4.80. The van der Waals surface area contributed by atoms with Crippen molar-refractivity contribution in [2.75, 3.05) is 44.8 Å². The molecule has 0 aliphatic carbocycles. The molecule has 2 fully saturated rings. The van der Waals surface area contributed by atoms with Crippen LogP contribution in [0.15, 0.2) is 18.2 Å². The van der Waals surface area contributed by atoms with Crippen molar-refractivity contribution in [1.29, 1.82) is 0 Å². The van der Waals surface area contributed by atoms with Crippen molar-refractivity contribution in [3.05, 3.63) is 18.2 Å². The topological polar surface area (TPSA) is 72.0 Å². The number of piperidine rings is 1. The predicted molar refractivity (Wildman–Crippen MR) is 108 cm³/mol. The molecule has 0 bridgehead atoms. The van der Waals surface area contributed by atoms with E-state index in [0.717, 1.165) is 40.5 Å². The number of ether oxygens (including phenoxy) is 2. The van der Waals surface area contributed by atoms with Crippen LogP contribution in [0.25, 0.3) is 10.2 Å². The van der Waals surface area contributed by atoms with E-state index in [1.165, 1.54) is 0 Å². The second kappa shape index (κ2) is 7.95. The Kier molecular flexibility index (Phi) is 5.39. The number of nitrogens with zero attached hydrogens (tertiary/aromatic N) is 3. The van der Waals surface area contributed by atoms with E-state index >= 15 is 0 Å². The summed E-state index contributed by atoms with van der Waals surface area (Å²) in [5.74, 6) is 0.547. The number of thiazole rings is 1. The summed E-state index contributed by atoms with van der Waals surface area (Å²) in [6.45, 7) is 4.76. The molecule has 0 N–H and O–H groups in total. The van der Waals surface area contributed by atoms with Crippen molar-refractivity contribution < 1.29 is 19.1 Å². The predicted octanol–water partition coefficient (Wildman–Crippen LogP) is 2.54. The van der Waals surface area contributed by atoms with Crippen molar-refractivity contribution in [3.63, 3.8) is 0 Å². The van der Waals surface area contributed by atoms with Crippen LogP contribution in [0.2, 0.25) is 0 Å². The number of anilines is 1. The van der Waals surface area contributed by atoms with Gasteiger partial charge in [0.15, 0.2) is 5.13 Å². The second-order valence-corrected chi connectivity index (χ2v) is 8.32. The number of benzene rings is 1. The third-order valence-electron chi connectivity index (χ3n) is 5.44. The molecule has 150 valence electrons. The molecule has 8 heteroatoms. The Bertz CT molecular complexity index is 877. The second-order valence-electron chi connectivity index (χ2n) is 7.31. The molecule has 2 aromatic rings. The minimum Gasteiger partial charge on any atom is -0.497 e. The Morgan fingerprint density at radius 1 is 1.25 bits per heavy atom. The SMILES string of the molecule is CCOC(=O)C1CCCN(C(=O)C2CN(c3nc4cc(OC)ccc4s3)C2)C1. The highest BCUT2D eigenvalue weighted by molar-refractivity contribution is 7.22. The first-order valence-electron chi connectivity index (χ1n) is 9.74. The summed E-state index contributed by atoms with van der Waals surface area (Å²) in [6, 6.07) is 5.88. The lowest BCUT2D eigenvalue weighted by Crippen LogP contribution is -2.56. The standard InChI is InChI=1S/C20H25N3O4S/c1-3-27-19(25)13-5-4-8-22(10-13)18(24)14-11-23(12-14)20-21-16-9-15(26-2)6-7-17(16)28-20/h6-7,9,13-14H,3-5,8,10-12H2,1-2H3. The molecule has 28 heavy (non-hydrogen) atoms. The van der Waals surface area contributed by atoms with Crippen LogP contribution in [0.3, 0.4) is 0 Å². The highest BCUT2D eigenvalue weighted by Crippen LogP contribution is 2.35. The Morgan fingerprint density at radius 3 is 2.82 bits per heavy atom. The molecule has 7 nitrogen and oxygen atoms in total. The van der Waals surface area contributed by atoms with E-state index in [1.807, 2.05) is 30.0 Å². The summed E-state index contributed by atoms with van der Waals surface area (Å²) in [5, 5.41) is 0.940. The van der Waals surface area contributed by atoms with Gasteiger partial charge in [-0.3, -0.25) is 9.59 Å². The van der Waals surface area contributed by atoms with Crippen LogP contribution in [-0.2, 0) is 14.3 Å². The number of fused-ring (bicyclic) bond motifs is 1. The van der Waals surface area contributed by atoms with Gasteiger partial charge in [-0.05, 0) is 31.9 Å². The van der Waals surface area contributed by atoms with E-state index in [9.17, 15) is 9.59 Å². The fourth-order valence-electron chi connectivity index (χ4n) is 3.84. The Labute approximate surface area is 168 Å². The highest BCUT2D eigenvalue weighted by atomic mass is 32.1. The smallest absolute Gasteiger partial charge is 0.310 e. The zero-order valence-electron chi connectivity index (χ0n) is 16.2. The van der Waals surface area contributed by atoms with Crippen LogP contribution in [0.1, 0.15) is 19.8 Å². The van der Waals surface area contributed by atoms with Gasteiger partial charge in [-0.25, -0.2) is 4.98 Å². The van der Waals surface area contributed by atoms with E-state index < -0.39 is 0 Å². The number of amides is 1. The molecule has 2 saturated heterocycles. The maximum Gasteiger partial charge on any atom is 0.310 e. The maximum absolute atomic E-state index is 12.9. The van der Waals surface area contributed by atoms with Crippen LogP contribution < -0.4 is 9.64 Å². The average Bonchev–Trinajstić information content (AvgIpc) is 3.09. The van der Waals surface area contributed by atoms with Gasteiger partial charge in [0.2, 0.25) is 5.91 Å². The number of hydrogen-bond donors (Lipinski definition) is 0. The first-order chi connectivity index (χ1) is 13.6. The molecule has 1 atom stereocenters. The summed E-state index contributed by atoms with van der Waals surface area (Å²) in [7, 11) is 1.65. The number of methoxy groups -OCH3 is 1. The van der Waals surface area contributed by atoms with Crippen LogP contribution in [0, 0.1) is 11.8 Å². The molecule has 3 heterocycles. The van der Waals surface area contributed by atoms with Crippen molar-refractivity contribution in [2.45, 2.75) is 19.8 Å². The van der Waals surface area contributed by atoms with Gasteiger partial charge >= 0.3 is 5.97 Å². The molecule has 1 aromatic carbocycles. The van der Waals surface area contributed by atoms with Crippen molar-refractivity contribution >= 4 is 38.6 Å². The van der Waals surface area contributed by atoms with Gasteiger partial charge in [-0.1, -0.05) is 11.3 Å². The van der Waals surface area contributed by atoms with E-state index in [1.54, 1.807) is 18.4 Å². The van der Waals surface area contributed by atoms with Crippen molar-refractivity contribution in [1.82, 2.24) is 9.88 Å². The van der Waals surface area contributed by atoms with Gasteiger partial charge in [-0.15, -0.1) is 0 Å². The van der Waals surface area contributed by atoms with Crippen LogP contribution in [-0.4, -0.2) is 61.7 Å². The number of carbonyl (C=O) groups is 2. The molecular weight excluding hydrogens is 378 g/mol. The van der Waals surface area contributed by atoms with Gasteiger partial charge in [-0.2, -0.15) is 0 Å². The number of carbonyl (C=O) groups excluding carboxylic acids is 2. The lowest BCUT2D eigenvalue weighted by Gasteiger charge is -2.42. The number of rotatable bonds is 5. The largest absolute Gasteiger partial charge is 0.497 e. The monoisotopic (exact) mass is 403 g/mol. The van der Waals surface area contributed by atoms with E-state index in [-0.39, 0.29) is 23.7 Å². The molecule has 2 aliphatic heterocycles. The first-order valence-corrected chi connectivity index (χ1v) is 10.6. The van der Waals surface area contributed by atoms with E-state index in [4.69, 9.17) is 9.47 Å². The van der Waals surface area contributed by atoms with Gasteiger partial charge in [0.1, 0.15) is 5.75 Å². The van der Waals surface area contributed by atoms with Crippen molar-refractivity contribution in [2.24, 2.45) is 11.8 Å². The zero-order valence-corrected chi connectivity index (χ0v) is 17.0. The molecule has 4 rings (SSSR count). The summed E-state index contributed by atoms with van der Waals surface area (Å²) >= 11 is 1.63. The van der Waals surface area contributed by atoms with E-state index in [0.29, 0.717) is 26.2 Å². The lowest BCUT2D eigenvalue weighted by molar-refractivity contribution is -0.152. The Balaban J connectivity index is 1.35. The van der Waals surface area contributed by atoms with Crippen LogP contribution in [0.5, 0.6) is 5.75 Å². The summed E-state index contributed by atoms with van der Waals surface area (Å²) < 4.78 is 11.5. The van der Waals surface area contributed by atoms with Crippen LogP contribution in [0.4, 0.5) is 5.13 Å². The number of aromatic nitrogens is 1. The quantitative estimate of drug-likeness (QED) is 0.715. The minimum atomic E-state index is -0.187. The summed E-state index contributed by atoms with van der Waals surface area (Å²) in [4.78, 5) is 33.5. The molecule has 1 aromatic heterocycles. The fraction of sp³-hybridized carbons (Fsp3) is 0.550. The minimum absolute atomic E-state index is 0.0255. The third kappa shape index (κ3) is 3.65. The van der Waals surface area contributed by atoms with Gasteiger partial charge in [0.05, 0.1) is 35.8 Å². The molecule has 2 aliphatic rings. The number of esters is 1. The zero-order chi connectivity index (χ0) is 19.7. The average molecular weight is 404 g/mol. The van der Waals surface area contributed by atoms with Crippen LogP contribution >= 0.6 is 11.3 Å². The third-order valence-corrected chi connectivity index (χ3v) is 6.53. The molecular formula is C20H25N3O4S. The van der Waals surface area contributed by atoms with Crippen molar-refractivity contribution in [3.8, 4) is 5.75 Å². The Hall–Kier alpha value is -2.35. The molecule has 1 amide bonds. The highest BCUT2D eigenvalue weighted by Gasteiger charge is 2.39. The van der Waals surface area contributed by atoms with E-state index in [2.05, 4.69) is 9.88 Å². The first kappa shape index (κ1) is 19.0. The number of hydrogen-bond acceptors (Lipinski definition) is 7. The van der Waals surface area contributed by atoms with Gasteiger partial charge < -0.3 is 19.3 Å².